The van der Waals surface area contributed by atoms with Gasteiger partial charge in [0.15, 0.2) is 0 Å². The minimum atomic E-state index is -0.125. The molecule has 2 aliphatic carbocycles. The zero-order valence-electron chi connectivity index (χ0n) is 26.4. The first-order valence-electron chi connectivity index (χ1n) is 17.1. The summed E-state index contributed by atoms with van der Waals surface area (Å²) in [4.78, 5) is 31.9. The van der Waals surface area contributed by atoms with E-state index in [1.165, 1.54) is 51.5 Å². The quantitative estimate of drug-likeness (QED) is 0.414. The molecule has 234 valence electrons. The SMILES string of the molecule is CC1CC(C)C(CNC(=O)C2CC(C3CCC(CN4CCOCC4)CC3)CC(N(C)C3CCNCC3)C2C)C(=O)N1. The van der Waals surface area contributed by atoms with Crippen LogP contribution in [-0.2, 0) is 14.3 Å². The van der Waals surface area contributed by atoms with Gasteiger partial charge in [-0.3, -0.25) is 14.5 Å². The molecule has 0 radical (unpaired) electrons. The number of amides is 2. The van der Waals surface area contributed by atoms with E-state index in [1.807, 2.05) is 0 Å². The summed E-state index contributed by atoms with van der Waals surface area (Å²) in [6.45, 7) is 14.4. The smallest absolute Gasteiger partial charge is 0.225 e. The largest absolute Gasteiger partial charge is 0.379 e. The fourth-order valence-electron chi connectivity index (χ4n) is 9.20. The van der Waals surface area contributed by atoms with Crippen molar-refractivity contribution >= 4 is 11.8 Å². The minimum Gasteiger partial charge on any atom is -0.379 e. The van der Waals surface area contributed by atoms with Crippen LogP contribution in [0.1, 0.15) is 78.6 Å². The number of carbonyl (C=O) groups excluding carboxylic acids is 2. The molecule has 2 saturated carbocycles. The van der Waals surface area contributed by atoms with E-state index < -0.39 is 0 Å². The zero-order valence-corrected chi connectivity index (χ0v) is 26.4. The lowest BCUT2D eigenvalue weighted by Crippen LogP contribution is -2.55. The Bertz CT molecular complexity index is 852. The van der Waals surface area contributed by atoms with Crippen LogP contribution in [0.25, 0.3) is 0 Å². The lowest BCUT2D eigenvalue weighted by Gasteiger charge is -2.49. The maximum atomic E-state index is 13.9. The molecule has 3 saturated heterocycles. The van der Waals surface area contributed by atoms with Crippen LogP contribution in [0.3, 0.4) is 0 Å². The number of carbonyl (C=O) groups is 2. The second-order valence-electron chi connectivity index (χ2n) is 14.6. The predicted octanol–water partition coefficient (Wildman–Crippen LogP) is 3.12. The maximum absolute atomic E-state index is 13.9. The molecule has 3 N–H and O–H groups in total. The van der Waals surface area contributed by atoms with Gasteiger partial charge in [-0.1, -0.05) is 13.8 Å². The number of morpholine rings is 1. The van der Waals surface area contributed by atoms with Crippen molar-refractivity contribution in [3.8, 4) is 0 Å². The second-order valence-corrected chi connectivity index (χ2v) is 14.6. The molecule has 41 heavy (non-hydrogen) atoms. The van der Waals surface area contributed by atoms with Gasteiger partial charge in [-0.05, 0) is 114 Å². The molecule has 5 aliphatic rings. The highest BCUT2D eigenvalue weighted by Crippen LogP contribution is 2.45. The Balaban J connectivity index is 1.22. The van der Waals surface area contributed by atoms with Crippen LogP contribution in [0.15, 0.2) is 0 Å². The number of rotatable bonds is 8. The van der Waals surface area contributed by atoms with E-state index >= 15 is 0 Å². The fourth-order valence-corrected chi connectivity index (χ4v) is 9.20. The highest BCUT2D eigenvalue weighted by Gasteiger charge is 2.45. The third-order valence-electron chi connectivity index (χ3n) is 11.9. The van der Waals surface area contributed by atoms with Gasteiger partial charge in [0, 0.05) is 50.2 Å². The van der Waals surface area contributed by atoms with Crippen molar-refractivity contribution < 1.29 is 14.3 Å². The number of piperidine rings is 2. The minimum absolute atomic E-state index is 0.0230. The Morgan fingerprint density at radius 3 is 2.37 bits per heavy atom. The van der Waals surface area contributed by atoms with E-state index in [0.29, 0.717) is 36.4 Å². The highest BCUT2D eigenvalue weighted by molar-refractivity contribution is 5.83. The summed E-state index contributed by atoms with van der Waals surface area (Å²) in [7, 11) is 2.34. The number of ether oxygens (including phenoxy) is 1. The molecule has 7 unspecified atom stereocenters. The second kappa shape index (κ2) is 14.5. The van der Waals surface area contributed by atoms with E-state index in [0.717, 1.165) is 64.1 Å². The first-order chi connectivity index (χ1) is 19.8. The predicted molar refractivity (Wildman–Crippen MR) is 163 cm³/mol. The third-order valence-corrected chi connectivity index (χ3v) is 11.9. The van der Waals surface area contributed by atoms with Gasteiger partial charge in [-0.15, -0.1) is 0 Å². The molecule has 8 heteroatoms. The van der Waals surface area contributed by atoms with Gasteiger partial charge in [0.25, 0.3) is 0 Å². The normalized spacial score (nSPS) is 39.8. The van der Waals surface area contributed by atoms with Crippen molar-refractivity contribution in [3.63, 3.8) is 0 Å². The summed E-state index contributed by atoms with van der Waals surface area (Å²) >= 11 is 0. The average molecular weight is 574 g/mol. The Kier molecular flexibility index (Phi) is 11.0. The zero-order chi connectivity index (χ0) is 28.9. The van der Waals surface area contributed by atoms with Crippen LogP contribution in [-0.4, -0.2) is 99.3 Å². The summed E-state index contributed by atoms with van der Waals surface area (Å²) in [6.07, 6.45) is 10.9. The Labute approximate surface area is 249 Å². The monoisotopic (exact) mass is 573 g/mol. The summed E-state index contributed by atoms with van der Waals surface area (Å²) in [5.74, 6) is 2.95. The molecule has 2 amide bonds. The van der Waals surface area contributed by atoms with Crippen molar-refractivity contribution in [3.05, 3.63) is 0 Å². The number of nitrogens with one attached hydrogen (secondary N) is 3. The van der Waals surface area contributed by atoms with E-state index in [1.54, 1.807) is 0 Å². The van der Waals surface area contributed by atoms with Crippen LogP contribution in [0.4, 0.5) is 0 Å². The molecular weight excluding hydrogens is 514 g/mol. The highest BCUT2D eigenvalue weighted by atomic mass is 16.5. The summed E-state index contributed by atoms with van der Waals surface area (Å²) < 4.78 is 5.56. The third kappa shape index (κ3) is 7.84. The molecular formula is C33H59N5O3. The van der Waals surface area contributed by atoms with Crippen molar-refractivity contribution in [2.75, 3.05) is 59.5 Å². The van der Waals surface area contributed by atoms with E-state index in [4.69, 9.17) is 4.74 Å². The standard InChI is InChI=1S/C33H59N5O3/c1-22-17-23(2)36-33(40)30(22)20-35-32(39)29-18-27(19-31(24(29)3)37(4)28-9-11-34-12-10-28)26-7-5-25(6-8-26)21-38-13-15-41-16-14-38/h22-31,34H,5-21H2,1-4H3,(H,35,39)(H,36,40). The molecule has 5 rings (SSSR count). The van der Waals surface area contributed by atoms with Crippen LogP contribution in [0.5, 0.6) is 0 Å². The molecule has 0 aromatic carbocycles. The lowest BCUT2D eigenvalue weighted by molar-refractivity contribution is -0.133. The van der Waals surface area contributed by atoms with Crippen molar-refractivity contribution in [1.29, 1.82) is 0 Å². The molecule has 8 nitrogen and oxygen atoms in total. The molecule has 0 spiro atoms. The van der Waals surface area contributed by atoms with Crippen LogP contribution in [0, 0.1) is 41.4 Å². The number of hydrogen-bond acceptors (Lipinski definition) is 6. The van der Waals surface area contributed by atoms with Gasteiger partial charge in [0.05, 0.1) is 19.1 Å². The lowest BCUT2D eigenvalue weighted by atomic mass is 9.63. The summed E-state index contributed by atoms with van der Waals surface area (Å²) in [5, 5.41) is 9.93. The Hall–Kier alpha value is -1.22. The topological polar surface area (TPSA) is 85.9 Å². The van der Waals surface area contributed by atoms with Crippen molar-refractivity contribution in [1.82, 2.24) is 25.8 Å². The molecule has 5 fully saturated rings. The van der Waals surface area contributed by atoms with Crippen molar-refractivity contribution in [2.24, 2.45) is 41.4 Å². The van der Waals surface area contributed by atoms with E-state index in [-0.39, 0.29) is 29.7 Å². The number of nitrogens with zero attached hydrogens (tertiary/aromatic N) is 2. The van der Waals surface area contributed by atoms with E-state index in [9.17, 15) is 9.59 Å². The van der Waals surface area contributed by atoms with Crippen LogP contribution >= 0.6 is 0 Å². The molecule has 0 bridgehead atoms. The van der Waals surface area contributed by atoms with Crippen LogP contribution in [0.2, 0.25) is 0 Å². The molecule has 0 aromatic heterocycles. The summed E-state index contributed by atoms with van der Waals surface area (Å²) in [6, 6.07) is 1.26. The van der Waals surface area contributed by atoms with Gasteiger partial charge in [-0.25, -0.2) is 0 Å². The van der Waals surface area contributed by atoms with Gasteiger partial charge < -0.3 is 25.6 Å². The average Bonchev–Trinajstić information content (AvgIpc) is 2.97. The fraction of sp³-hybridized carbons (Fsp3) is 0.939. The first-order valence-corrected chi connectivity index (χ1v) is 17.1. The van der Waals surface area contributed by atoms with Gasteiger partial charge in [0.2, 0.25) is 11.8 Å². The van der Waals surface area contributed by atoms with Gasteiger partial charge in [0.1, 0.15) is 0 Å². The van der Waals surface area contributed by atoms with Crippen molar-refractivity contribution in [2.45, 2.75) is 96.7 Å². The van der Waals surface area contributed by atoms with Gasteiger partial charge >= 0.3 is 0 Å². The molecule has 7 atom stereocenters. The van der Waals surface area contributed by atoms with E-state index in [2.05, 4.69) is 53.6 Å². The maximum Gasteiger partial charge on any atom is 0.225 e. The Morgan fingerprint density at radius 2 is 1.68 bits per heavy atom. The molecule has 0 aromatic rings. The first kappa shape index (κ1) is 31.2. The summed E-state index contributed by atoms with van der Waals surface area (Å²) in [5.41, 5.74) is 0. The molecule has 3 heterocycles. The van der Waals surface area contributed by atoms with Gasteiger partial charge in [-0.2, -0.15) is 0 Å². The number of hydrogen-bond donors (Lipinski definition) is 3. The Morgan fingerprint density at radius 1 is 0.976 bits per heavy atom. The van der Waals surface area contributed by atoms with Crippen LogP contribution < -0.4 is 16.0 Å². The molecule has 3 aliphatic heterocycles.